The van der Waals surface area contributed by atoms with Gasteiger partial charge in [0.1, 0.15) is 6.04 Å². The highest BCUT2D eigenvalue weighted by Crippen LogP contribution is 2.62. The van der Waals surface area contributed by atoms with Gasteiger partial charge in [0.15, 0.2) is 0 Å². The Morgan fingerprint density at radius 2 is 1.81 bits per heavy atom. The van der Waals surface area contributed by atoms with E-state index in [9.17, 15) is 9.90 Å². The molecule has 4 nitrogen and oxygen atoms in total. The summed E-state index contributed by atoms with van der Waals surface area (Å²) in [4.78, 5) is 11.1. The molecular weight excluding hydrogens is 208 g/mol. The number of aliphatic carboxylic acids is 1. The Kier molecular flexibility index (Phi) is 1.97. The molecule has 4 heteroatoms. The van der Waals surface area contributed by atoms with Crippen molar-refractivity contribution in [3.05, 3.63) is 0 Å². The van der Waals surface area contributed by atoms with Crippen molar-refractivity contribution in [1.82, 2.24) is 0 Å². The summed E-state index contributed by atoms with van der Waals surface area (Å²) in [7, 11) is 0. The van der Waals surface area contributed by atoms with E-state index >= 15 is 0 Å². The SMILES string of the molecule is N[C@H]([14C](=O)O)C12C[C@@H]3C[C@@H](CC(O)(C3)C1)C2. The second-order valence-corrected chi connectivity index (χ2v) is 6.36. The zero-order valence-electron chi connectivity index (χ0n) is 9.35. The Balaban J connectivity index is 1.94. The van der Waals surface area contributed by atoms with Gasteiger partial charge in [0, 0.05) is 0 Å². The molecule has 4 aliphatic carbocycles. The van der Waals surface area contributed by atoms with Gasteiger partial charge in [-0.15, -0.1) is 0 Å². The fourth-order valence-corrected chi connectivity index (χ4v) is 4.91. The first kappa shape index (κ1) is 10.5. The van der Waals surface area contributed by atoms with Gasteiger partial charge in [0.2, 0.25) is 0 Å². The Hall–Kier alpha value is -0.610. The van der Waals surface area contributed by atoms with Crippen LogP contribution in [0.25, 0.3) is 0 Å². The summed E-state index contributed by atoms with van der Waals surface area (Å²) >= 11 is 0. The third kappa shape index (κ3) is 1.32. The van der Waals surface area contributed by atoms with Crippen molar-refractivity contribution in [2.24, 2.45) is 23.0 Å². The van der Waals surface area contributed by atoms with Crippen molar-refractivity contribution in [1.29, 1.82) is 0 Å². The lowest BCUT2D eigenvalue weighted by molar-refractivity contribution is -0.179. The van der Waals surface area contributed by atoms with Gasteiger partial charge in [0.25, 0.3) is 0 Å². The molecule has 0 amide bonds. The van der Waals surface area contributed by atoms with Crippen molar-refractivity contribution in [3.8, 4) is 0 Å². The van der Waals surface area contributed by atoms with Crippen molar-refractivity contribution in [2.45, 2.75) is 50.2 Å². The summed E-state index contributed by atoms with van der Waals surface area (Å²) in [5, 5.41) is 19.6. The maximum atomic E-state index is 11.1. The van der Waals surface area contributed by atoms with Gasteiger partial charge >= 0.3 is 5.97 Å². The molecule has 0 aliphatic heterocycles. The number of carbonyl (C=O) groups is 1. The number of hydrogen-bond donors (Lipinski definition) is 3. The molecule has 0 spiro atoms. The largest absolute Gasteiger partial charge is 0.480 e. The maximum Gasteiger partial charge on any atom is 0.321 e. The predicted molar refractivity (Wildman–Crippen MR) is 57.7 cm³/mol. The Bertz CT molecular complexity index is 327. The standard InChI is InChI=1S/C12H19NO3/c13-9(10(14)15)11-2-7-1-8(3-11)5-12(16,4-7)6-11/h7-9,16H,1-6,13H2,(H,14,15)/t7-,8+,9-,11?,12?/m1/s1/i10+2. The zero-order valence-corrected chi connectivity index (χ0v) is 9.35. The lowest BCUT2D eigenvalue weighted by Crippen LogP contribution is -2.62. The Morgan fingerprint density at radius 3 is 2.25 bits per heavy atom. The molecule has 4 aliphatic rings. The molecule has 4 N–H and O–H groups in total. The molecule has 4 rings (SSSR count). The fourth-order valence-electron chi connectivity index (χ4n) is 4.91. The van der Waals surface area contributed by atoms with E-state index in [4.69, 9.17) is 10.8 Å². The van der Waals surface area contributed by atoms with E-state index in [1.54, 1.807) is 0 Å². The molecule has 4 fully saturated rings. The van der Waals surface area contributed by atoms with E-state index in [0.29, 0.717) is 18.3 Å². The topological polar surface area (TPSA) is 83.6 Å². The molecule has 4 saturated carbocycles. The predicted octanol–water partition coefficient (Wildman–Crippen LogP) is 0.730. The van der Waals surface area contributed by atoms with Crippen LogP contribution in [0.1, 0.15) is 38.5 Å². The summed E-state index contributed by atoms with van der Waals surface area (Å²) in [6, 6.07) is -0.801. The summed E-state index contributed by atoms with van der Waals surface area (Å²) < 4.78 is 0. The van der Waals surface area contributed by atoms with Gasteiger partial charge in [-0.05, 0) is 55.8 Å². The third-order valence-corrected chi connectivity index (χ3v) is 5.00. The van der Waals surface area contributed by atoms with Crippen molar-refractivity contribution < 1.29 is 15.0 Å². The summed E-state index contributed by atoms with van der Waals surface area (Å²) in [6.45, 7) is 0. The highest BCUT2D eigenvalue weighted by Gasteiger charge is 2.60. The average Bonchev–Trinajstić information content (AvgIpc) is 2.12. The van der Waals surface area contributed by atoms with Crippen molar-refractivity contribution in [2.75, 3.05) is 0 Å². The van der Waals surface area contributed by atoms with Crippen LogP contribution in [0.15, 0.2) is 0 Å². The van der Waals surface area contributed by atoms with E-state index in [2.05, 4.69) is 0 Å². The maximum absolute atomic E-state index is 11.1. The van der Waals surface area contributed by atoms with Crippen LogP contribution in [0.2, 0.25) is 0 Å². The lowest BCUT2D eigenvalue weighted by atomic mass is 9.47. The lowest BCUT2D eigenvalue weighted by Gasteiger charge is -2.61. The molecule has 0 aromatic carbocycles. The van der Waals surface area contributed by atoms with E-state index in [-0.39, 0.29) is 5.41 Å². The van der Waals surface area contributed by atoms with Crippen LogP contribution in [0.5, 0.6) is 0 Å². The zero-order chi connectivity index (χ0) is 11.6. The van der Waals surface area contributed by atoms with Crippen LogP contribution in [0, 0.1) is 17.3 Å². The number of nitrogens with two attached hydrogens (primary N) is 1. The third-order valence-electron chi connectivity index (χ3n) is 5.00. The highest BCUT2D eigenvalue weighted by molar-refractivity contribution is 5.74. The first-order chi connectivity index (χ1) is 7.42. The molecule has 0 radical (unpaired) electrons. The van der Waals surface area contributed by atoms with Gasteiger partial charge in [-0.3, -0.25) is 4.79 Å². The molecule has 5 atom stereocenters. The van der Waals surface area contributed by atoms with E-state index in [1.807, 2.05) is 0 Å². The average molecular weight is 227 g/mol. The Morgan fingerprint density at radius 1 is 1.25 bits per heavy atom. The van der Waals surface area contributed by atoms with Crippen LogP contribution in [0.4, 0.5) is 0 Å². The molecule has 90 valence electrons. The molecule has 2 unspecified atom stereocenters. The molecule has 0 heterocycles. The molecular formula is C12H19NO3. The molecule has 0 aromatic heterocycles. The summed E-state index contributed by atoms with van der Waals surface area (Å²) in [5.74, 6) is 0.0823. The minimum absolute atomic E-state index is 0.329. The first-order valence-corrected chi connectivity index (χ1v) is 6.13. The van der Waals surface area contributed by atoms with Crippen LogP contribution in [0.3, 0.4) is 0 Å². The van der Waals surface area contributed by atoms with Gasteiger partial charge < -0.3 is 15.9 Å². The molecule has 4 bridgehead atoms. The minimum Gasteiger partial charge on any atom is -0.480 e. The number of carboxylic acid groups (broad SMARTS) is 1. The van der Waals surface area contributed by atoms with E-state index < -0.39 is 17.6 Å². The second kappa shape index (κ2) is 2.99. The fraction of sp³-hybridized carbons (Fsp3) is 0.917. The number of hydrogen-bond acceptors (Lipinski definition) is 3. The molecule has 16 heavy (non-hydrogen) atoms. The minimum atomic E-state index is -0.912. The van der Waals surface area contributed by atoms with Crippen molar-refractivity contribution in [3.63, 3.8) is 0 Å². The van der Waals surface area contributed by atoms with Gasteiger partial charge in [0.05, 0.1) is 5.60 Å². The van der Waals surface area contributed by atoms with Crippen molar-refractivity contribution >= 4 is 5.97 Å². The van der Waals surface area contributed by atoms with Crippen LogP contribution in [-0.2, 0) is 4.79 Å². The monoisotopic (exact) mass is 227 g/mol. The van der Waals surface area contributed by atoms with Gasteiger partial charge in [-0.1, -0.05) is 0 Å². The second-order valence-electron chi connectivity index (χ2n) is 6.36. The summed E-state index contributed by atoms with van der Waals surface area (Å²) in [6.07, 6.45) is 5.28. The van der Waals surface area contributed by atoms with Gasteiger partial charge in [-0.2, -0.15) is 0 Å². The van der Waals surface area contributed by atoms with E-state index in [0.717, 1.165) is 32.1 Å². The molecule has 0 aromatic rings. The smallest absolute Gasteiger partial charge is 0.321 e. The normalized spacial score (nSPS) is 51.6. The van der Waals surface area contributed by atoms with Crippen LogP contribution < -0.4 is 5.73 Å². The Labute approximate surface area is 94.8 Å². The number of carboxylic acids is 1. The molecule has 0 saturated heterocycles. The summed E-state index contributed by atoms with van der Waals surface area (Å²) in [5.41, 5.74) is 4.92. The first-order valence-electron chi connectivity index (χ1n) is 6.13. The van der Waals surface area contributed by atoms with Crippen LogP contribution in [-0.4, -0.2) is 27.8 Å². The number of rotatable bonds is 2. The number of aliphatic hydroxyl groups is 1. The van der Waals surface area contributed by atoms with Crippen LogP contribution >= 0.6 is 0 Å². The van der Waals surface area contributed by atoms with E-state index in [1.165, 1.54) is 0 Å². The van der Waals surface area contributed by atoms with Gasteiger partial charge in [-0.25, -0.2) is 0 Å². The highest BCUT2D eigenvalue weighted by atomic mass is 16.6. The quantitative estimate of drug-likeness (QED) is 0.649.